The Morgan fingerprint density at radius 1 is 1.00 bits per heavy atom. The van der Waals surface area contributed by atoms with Gasteiger partial charge in [-0.2, -0.15) is 40.2 Å². The predicted molar refractivity (Wildman–Crippen MR) is 106 cm³/mol. The van der Waals surface area contributed by atoms with Gasteiger partial charge in [0.2, 0.25) is 0 Å². The number of aliphatic imine (C=N–C) groups is 1. The van der Waals surface area contributed by atoms with Crippen LogP contribution in [0.4, 0.5) is 45.2 Å². The normalized spacial score (nSPS) is 16.5. The Morgan fingerprint density at radius 3 is 2.17 bits per heavy atom. The van der Waals surface area contributed by atoms with E-state index in [-0.39, 0.29) is 22.5 Å². The van der Waals surface area contributed by atoms with Crippen LogP contribution in [-0.2, 0) is 23.9 Å². The number of carbonyl (C=O) groups is 2. The maximum Gasteiger partial charge on any atom is 0.459 e. The van der Waals surface area contributed by atoms with E-state index in [2.05, 4.69) is 15.4 Å². The Kier molecular flexibility index (Phi) is 6.92. The number of alkyl halides is 8. The van der Waals surface area contributed by atoms with Crippen LogP contribution in [-0.4, -0.2) is 40.0 Å². The van der Waals surface area contributed by atoms with Crippen LogP contribution in [0.3, 0.4) is 0 Å². The summed E-state index contributed by atoms with van der Waals surface area (Å²) in [7, 11) is 0.597. The number of benzene rings is 1. The van der Waals surface area contributed by atoms with E-state index in [0.717, 1.165) is 24.4 Å². The summed E-state index contributed by atoms with van der Waals surface area (Å²) in [5.41, 5.74) is -6.94. The SMILES string of the molecule is Cn1nc(C(F)(F)C(F)(F)F)c(C(F)(F)F)c1C(=O)NC1C=C(C(=O)Nc2ccc(F)cc2)N=CC1. The summed E-state index contributed by atoms with van der Waals surface area (Å²) in [6.45, 7) is 0. The second kappa shape index (κ2) is 9.31. The fourth-order valence-corrected chi connectivity index (χ4v) is 3.17. The number of aromatic nitrogens is 2. The molecule has 36 heavy (non-hydrogen) atoms. The Bertz CT molecular complexity index is 1230. The van der Waals surface area contributed by atoms with Crippen LogP contribution in [0, 0.1) is 5.82 Å². The van der Waals surface area contributed by atoms with E-state index in [1.165, 1.54) is 12.1 Å². The van der Waals surface area contributed by atoms with Gasteiger partial charge in [-0.3, -0.25) is 19.3 Å². The molecule has 0 saturated heterocycles. The average molecular weight is 527 g/mol. The van der Waals surface area contributed by atoms with Crippen molar-refractivity contribution in [2.24, 2.45) is 12.0 Å². The second-order valence-corrected chi connectivity index (χ2v) is 7.41. The summed E-state index contributed by atoms with van der Waals surface area (Å²) in [5, 5.41) is 7.05. The lowest BCUT2D eigenvalue weighted by molar-refractivity contribution is -0.292. The minimum absolute atomic E-state index is 0.0318. The van der Waals surface area contributed by atoms with Crippen LogP contribution < -0.4 is 10.6 Å². The molecule has 1 atom stereocenters. The van der Waals surface area contributed by atoms with Crippen LogP contribution in [0.5, 0.6) is 0 Å². The lowest BCUT2D eigenvalue weighted by Gasteiger charge is -2.20. The van der Waals surface area contributed by atoms with Gasteiger partial charge in [0.1, 0.15) is 22.8 Å². The molecule has 1 aromatic heterocycles. The minimum atomic E-state index is -6.41. The van der Waals surface area contributed by atoms with Crippen LogP contribution >= 0.6 is 0 Å². The van der Waals surface area contributed by atoms with Crippen molar-refractivity contribution >= 4 is 23.7 Å². The summed E-state index contributed by atoms with van der Waals surface area (Å²) >= 11 is 0. The van der Waals surface area contributed by atoms with Crippen molar-refractivity contribution in [3.63, 3.8) is 0 Å². The molecule has 1 aliphatic rings. The lowest BCUT2D eigenvalue weighted by atomic mass is 10.1. The fourth-order valence-electron chi connectivity index (χ4n) is 3.17. The zero-order valence-corrected chi connectivity index (χ0v) is 17.8. The molecule has 0 saturated carbocycles. The molecule has 1 aliphatic heterocycles. The van der Waals surface area contributed by atoms with Gasteiger partial charge in [0.25, 0.3) is 11.8 Å². The molecule has 2 heterocycles. The summed E-state index contributed by atoms with van der Waals surface area (Å²) in [4.78, 5) is 28.7. The Labute approximate surface area is 195 Å². The number of hydrogen-bond donors (Lipinski definition) is 2. The van der Waals surface area contributed by atoms with Crippen molar-refractivity contribution in [1.29, 1.82) is 0 Å². The molecule has 3 rings (SSSR count). The number of hydrogen-bond acceptors (Lipinski definition) is 4. The highest BCUT2D eigenvalue weighted by Gasteiger charge is 2.64. The first-order valence-electron chi connectivity index (χ1n) is 9.73. The third-order valence-corrected chi connectivity index (χ3v) is 4.80. The van der Waals surface area contributed by atoms with Crippen molar-refractivity contribution in [3.05, 3.63) is 58.8 Å². The van der Waals surface area contributed by atoms with E-state index in [1.54, 1.807) is 0 Å². The molecule has 0 spiro atoms. The van der Waals surface area contributed by atoms with E-state index in [1.807, 2.05) is 5.32 Å². The van der Waals surface area contributed by atoms with E-state index in [4.69, 9.17) is 0 Å². The largest absolute Gasteiger partial charge is 0.459 e. The average Bonchev–Trinajstić information content (AvgIpc) is 3.13. The van der Waals surface area contributed by atoms with Crippen molar-refractivity contribution in [1.82, 2.24) is 15.1 Å². The number of carbonyl (C=O) groups excluding carboxylic acids is 2. The number of anilines is 1. The van der Waals surface area contributed by atoms with Gasteiger partial charge in [-0.25, -0.2) is 4.39 Å². The molecule has 16 heteroatoms. The number of halogens is 9. The monoisotopic (exact) mass is 527 g/mol. The third kappa shape index (κ3) is 5.36. The number of nitrogens with zero attached hydrogens (tertiary/aromatic N) is 3. The molecule has 0 aliphatic carbocycles. The topological polar surface area (TPSA) is 88.4 Å². The number of aryl methyl sites for hydroxylation is 1. The Balaban J connectivity index is 1.88. The van der Waals surface area contributed by atoms with Crippen molar-refractivity contribution in [2.75, 3.05) is 5.32 Å². The third-order valence-electron chi connectivity index (χ3n) is 4.80. The molecule has 2 amide bonds. The number of amides is 2. The van der Waals surface area contributed by atoms with Crippen molar-refractivity contribution < 1.29 is 49.1 Å². The zero-order valence-electron chi connectivity index (χ0n) is 17.8. The Hall–Kier alpha value is -3.85. The molecule has 0 radical (unpaired) electrons. The van der Waals surface area contributed by atoms with Crippen LogP contribution in [0.1, 0.15) is 28.2 Å². The molecular weight excluding hydrogens is 513 g/mol. The number of rotatable bonds is 5. The van der Waals surface area contributed by atoms with E-state index >= 15 is 0 Å². The lowest BCUT2D eigenvalue weighted by Crippen LogP contribution is -2.38. The molecule has 1 unspecified atom stereocenters. The molecule has 1 aromatic carbocycles. The van der Waals surface area contributed by atoms with E-state index in [0.29, 0.717) is 7.05 Å². The highest BCUT2D eigenvalue weighted by Crippen LogP contribution is 2.48. The van der Waals surface area contributed by atoms with Gasteiger partial charge in [0.15, 0.2) is 5.69 Å². The van der Waals surface area contributed by atoms with Gasteiger partial charge in [0.05, 0.1) is 6.04 Å². The first-order valence-corrected chi connectivity index (χ1v) is 9.73. The molecular formula is C20H14F9N5O2. The maximum atomic E-state index is 13.8. The smallest absolute Gasteiger partial charge is 0.344 e. The van der Waals surface area contributed by atoms with Crippen LogP contribution in [0.2, 0.25) is 0 Å². The highest BCUT2D eigenvalue weighted by molar-refractivity contribution is 6.05. The van der Waals surface area contributed by atoms with Crippen LogP contribution in [0.15, 0.2) is 41.0 Å². The van der Waals surface area contributed by atoms with E-state index < -0.39 is 58.9 Å². The summed E-state index contributed by atoms with van der Waals surface area (Å²) in [6, 6.07) is 3.38. The van der Waals surface area contributed by atoms with Gasteiger partial charge in [-0.15, -0.1) is 0 Å². The van der Waals surface area contributed by atoms with Gasteiger partial charge in [0, 0.05) is 25.4 Å². The first-order chi connectivity index (χ1) is 16.5. The maximum absolute atomic E-state index is 13.8. The van der Waals surface area contributed by atoms with Crippen molar-refractivity contribution in [2.45, 2.75) is 30.7 Å². The quantitative estimate of drug-likeness (QED) is 0.568. The summed E-state index contributed by atoms with van der Waals surface area (Å²) in [5.74, 6) is -9.08. The van der Waals surface area contributed by atoms with Gasteiger partial charge in [-0.05, 0) is 30.3 Å². The van der Waals surface area contributed by atoms with Gasteiger partial charge >= 0.3 is 18.3 Å². The van der Waals surface area contributed by atoms with E-state index in [9.17, 15) is 49.1 Å². The molecule has 0 bridgehead atoms. The fraction of sp³-hybridized carbons (Fsp3) is 0.300. The number of nitrogens with one attached hydrogen (secondary N) is 2. The Morgan fingerprint density at radius 2 is 1.61 bits per heavy atom. The van der Waals surface area contributed by atoms with Gasteiger partial charge in [-0.1, -0.05) is 0 Å². The van der Waals surface area contributed by atoms with Crippen LogP contribution in [0.25, 0.3) is 0 Å². The molecule has 194 valence electrons. The predicted octanol–water partition coefficient (Wildman–Crippen LogP) is 4.33. The van der Waals surface area contributed by atoms with Crippen molar-refractivity contribution in [3.8, 4) is 0 Å². The first kappa shape index (κ1) is 26.7. The molecule has 2 N–H and O–H groups in total. The van der Waals surface area contributed by atoms with Gasteiger partial charge < -0.3 is 10.6 Å². The standard InChI is InChI=1S/C20H14F9N5O2/c1-34-14(13(19(24,25)26)15(33-34)18(22,23)20(27,28)29)17(36)32-11-6-7-30-12(8-11)16(35)31-10-4-2-9(21)3-5-10/h2-5,7-8,11H,6H2,1H3,(H,31,35)(H,32,36). The second-order valence-electron chi connectivity index (χ2n) is 7.41. The summed E-state index contributed by atoms with van der Waals surface area (Å²) < 4.78 is 119. The minimum Gasteiger partial charge on any atom is -0.344 e. The highest BCUT2D eigenvalue weighted by atomic mass is 19.4. The molecule has 2 aromatic rings. The molecule has 7 nitrogen and oxygen atoms in total. The zero-order chi connectivity index (χ0) is 27.1. The summed E-state index contributed by atoms with van der Waals surface area (Å²) in [6.07, 6.45) is -10.2. The molecule has 0 fully saturated rings.